The van der Waals surface area contributed by atoms with Crippen molar-refractivity contribution in [3.05, 3.63) is 11.6 Å². The van der Waals surface area contributed by atoms with E-state index in [1.54, 1.807) is 6.92 Å². The zero-order valence-corrected chi connectivity index (χ0v) is 9.24. The van der Waals surface area contributed by atoms with Crippen LogP contribution in [0.5, 0.6) is 0 Å². The van der Waals surface area contributed by atoms with Crippen molar-refractivity contribution in [1.29, 1.82) is 0 Å². The van der Waals surface area contributed by atoms with Crippen molar-refractivity contribution in [1.82, 2.24) is 0 Å². The zero-order valence-electron chi connectivity index (χ0n) is 9.24. The summed E-state index contributed by atoms with van der Waals surface area (Å²) in [5, 5.41) is 47.7. The zero-order chi connectivity index (χ0) is 12.5. The lowest BCUT2D eigenvalue weighted by molar-refractivity contribution is -0.331. The Morgan fingerprint density at radius 3 is 2.31 bits per heavy atom. The van der Waals surface area contributed by atoms with Gasteiger partial charge < -0.3 is 30.3 Å². The van der Waals surface area contributed by atoms with Gasteiger partial charge >= 0.3 is 0 Å². The standard InChI is InChI=1S/C10H18O6/c1-3-5(2)10(15)9(14)8(13)7(12)6(4-11)16-10/h3,6-9,11-15H,4H2,1-2H3/b5-3+/t6-,7-,8+,9-,10+/m1/s1. The van der Waals surface area contributed by atoms with Crippen LogP contribution in [0.4, 0.5) is 0 Å². The molecule has 0 saturated carbocycles. The van der Waals surface area contributed by atoms with Crippen LogP contribution in [0.3, 0.4) is 0 Å². The molecule has 5 N–H and O–H groups in total. The highest BCUT2D eigenvalue weighted by Gasteiger charge is 2.53. The van der Waals surface area contributed by atoms with Gasteiger partial charge in [0.1, 0.15) is 24.4 Å². The SMILES string of the molecule is C/C=C(\C)[C@]1(O)O[C@H](CO)[C@@H](O)[C@H](O)[C@H]1O. The summed E-state index contributed by atoms with van der Waals surface area (Å²) >= 11 is 0. The van der Waals surface area contributed by atoms with E-state index in [2.05, 4.69) is 0 Å². The third-order valence-corrected chi connectivity index (χ3v) is 2.96. The molecule has 1 aliphatic rings. The summed E-state index contributed by atoms with van der Waals surface area (Å²) in [5.74, 6) is -2.08. The molecule has 5 atom stereocenters. The van der Waals surface area contributed by atoms with Crippen molar-refractivity contribution in [2.45, 2.75) is 44.1 Å². The van der Waals surface area contributed by atoms with Crippen LogP contribution in [0, 0.1) is 0 Å². The number of hydrogen-bond donors (Lipinski definition) is 5. The molecule has 1 aliphatic heterocycles. The van der Waals surface area contributed by atoms with Crippen LogP contribution >= 0.6 is 0 Å². The van der Waals surface area contributed by atoms with E-state index in [1.165, 1.54) is 13.0 Å². The molecule has 1 rings (SSSR count). The van der Waals surface area contributed by atoms with Crippen LogP contribution in [0.1, 0.15) is 13.8 Å². The average molecular weight is 234 g/mol. The van der Waals surface area contributed by atoms with Gasteiger partial charge in [0.25, 0.3) is 0 Å². The van der Waals surface area contributed by atoms with Crippen LogP contribution in [0.15, 0.2) is 11.6 Å². The average Bonchev–Trinajstić information content (AvgIpc) is 2.30. The number of aliphatic hydroxyl groups is 5. The smallest absolute Gasteiger partial charge is 0.218 e. The molecule has 0 spiro atoms. The molecule has 0 aliphatic carbocycles. The lowest BCUT2D eigenvalue weighted by Crippen LogP contribution is -2.65. The van der Waals surface area contributed by atoms with E-state index in [0.29, 0.717) is 5.57 Å². The topological polar surface area (TPSA) is 110 Å². The van der Waals surface area contributed by atoms with Crippen LogP contribution in [-0.2, 0) is 4.74 Å². The minimum atomic E-state index is -2.08. The van der Waals surface area contributed by atoms with Crippen molar-refractivity contribution in [3.63, 3.8) is 0 Å². The molecule has 0 bridgehead atoms. The first-order chi connectivity index (χ1) is 7.38. The number of aliphatic hydroxyl groups excluding tert-OH is 4. The summed E-state index contributed by atoms with van der Waals surface area (Å²) in [6.45, 7) is 2.58. The maximum atomic E-state index is 10.1. The summed E-state index contributed by atoms with van der Waals surface area (Å²) in [4.78, 5) is 0. The number of rotatable bonds is 2. The second kappa shape index (κ2) is 4.79. The molecule has 1 saturated heterocycles. The quantitative estimate of drug-likeness (QED) is 0.357. The predicted octanol–water partition coefficient (Wildman–Crippen LogP) is -1.89. The van der Waals surface area contributed by atoms with E-state index < -0.39 is 36.8 Å². The maximum Gasteiger partial charge on any atom is 0.218 e. The predicted molar refractivity (Wildman–Crippen MR) is 54.4 cm³/mol. The van der Waals surface area contributed by atoms with Gasteiger partial charge in [-0.05, 0) is 19.4 Å². The molecule has 6 heteroatoms. The highest BCUT2D eigenvalue weighted by atomic mass is 16.7. The van der Waals surface area contributed by atoms with E-state index >= 15 is 0 Å². The Morgan fingerprint density at radius 1 is 1.31 bits per heavy atom. The minimum absolute atomic E-state index is 0.296. The fourth-order valence-corrected chi connectivity index (χ4v) is 1.69. The van der Waals surface area contributed by atoms with E-state index in [0.717, 1.165) is 0 Å². The van der Waals surface area contributed by atoms with E-state index in [-0.39, 0.29) is 0 Å². The van der Waals surface area contributed by atoms with Crippen LogP contribution in [0.25, 0.3) is 0 Å². The third kappa shape index (κ3) is 2.00. The second-order valence-corrected chi connectivity index (χ2v) is 3.93. The van der Waals surface area contributed by atoms with Gasteiger partial charge in [-0.15, -0.1) is 0 Å². The summed E-state index contributed by atoms with van der Waals surface area (Å²) < 4.78 is 5.05. The van der Waals surface area contributed by atoms with Gasteiger partial charge in [-0.1, -0.05) is 6.08 Å². The lowest BCUT2D eigenvalue weighted by Gasteiger charge is -2.45. The highest BCUT2D eigenvalue weighted by molar-refractivity contribution is 5.16. The molecule has 0 radical (unpaired) electrons. The molecular formula is C10H18O6. The molecule has 0 aromatic rings. The van der Waals surface area contributed by atoms with Gasteiger partial charge in [-0.25, -0.2) is 0 Å². The summed E-state index contributed by atoms with van der Waals surface area (Å²) in [6, 6.07) is 0. The molecule has 1 fully saturated rings. The Morgan fingerprint density at radius 2 is 1.88 bits per heavy atom. The monoisotopic (exact) mass is 234 g/mol. The van der Waals surface area contributed by atoms with Crippen molar-refractivity contribution < 1.29 is 30.3 Å². The van der Waals surface area contributed by atoms with E-state index in [4.69, 9.17) is 9.84 Å². The van der Waals surface area contributed by atoms with Gasteiger partial charge in [-0.3, -0.25) is 0 Å². The van der Waals surface area contributed by atoms with E-state index in [9.17, 15) is 20.4 Å². The molecule has 1 heterocycles. The van der Waals surface area contributed by atoms with Gasteiger partial charge in [-0.2, -0.15) is 0 Å². The Bertz CT molecular complexity index is 276. The number of hydrogen-bond acceptors (Lipinski definition) is 6. The highest BCUT2D eigenvalue weighted by Crippen LogP contribution is 2.33. The third-order valence-electron chi connectivity index (χ3n) is 2.96. The van der Waals surface area contributed by atoms with Gasteiger partial charge in [0.15, 0.2) is 0 Å². The molecule has 6 nitrogen and oxygen atoms in total. The van der Waals surface area contributed by atoms with Crippen molar-refractivity contribution in [3.8, 4) is 0 Å². The molecular weight excluding hydrogens is 216 g/mol. The summed E-state index contributed by atoms with van der Waals surface area (Å²) in [5.41, 5.74) is 0.296. The number of ether oxygens (including phenoxy) is 1. The van der Waals surface area contributed by atoms with Crippen LogP contribution in [-0.4, -0.2) is 62.3 Å². The molecule has 0 aromatic heterocycles. The maximum absolute atomic E-state index is 10.1. The fraction of sp³-hybridized carbons (Fsp3) is 0.800. The minimum Gasteiger partial charge on any atom is -0.394 e. The Kier molecular flexibility index (Phi) is 4.06. The first-order valence-corrected chi connectivity index (χ1v) is 5.07. The first kappa shape index (κ1) is 13.6. The summed E-state index contributed by atoms with van der Waals surface area (Å²) in [6.07, 6.45) is -4.31. The lowest BCUT2D eigenvalue weighted by atomic mass is 9.88. The Labute approximate surface area is 93.4 Å². The molecule has 0 unspecified atom stereocenters. The largest absolute Gasteiger partial charge is 0.394 e. The van der Waals surface area contributed by atoms with Crippen molar-refractivity contribution in [2.75, 3.05) is 6.61 Å². The first-order valence-electron chi connectivity index (χ1n) is 5.07. The Balaban J connectivity index is 3.03. The molecule has 94 valence electrons. The summed E-state index contributed by atoms with van der Waals surface area (Å²) in [7, 11) is 0. The number of allylic oxidation sites excluding steroid dienone is 1. The molecule has 16 heavy (non-hydrogen) atoms. The molecule has 0 aromatic carbocycles. The van der Waals surface area contributed by atoms with Crippen molar-refractivity contribution in [2.24, 2.45) is 0 Å². The second-order valence-electron chi connectivity index (χ2n) is 3.93. The molecule has 0 amide bonds. The van der Waals surface area contributed by atoms with Crippen LogP contribution < -0.4 is 0 Å². The van der Waals surface area contributed by atoms with Crippen molar-refractivity contribution >= 4 is 0 Å². The van der Waals surface area contributed by atoms with E-state index in [1.807, 2.05) is 0 Å². The van der Waals surface area contributed by atoms with Gasteiger partial charge in [0.2, 0.25) is 5.79 Å². The van der Waals surface area contributed by atoms with Gasteiger partial charge in [0.05, 0.1) is 6.61 Å². The normalized spacial score (nSPS) is 45.8. The van der Waals surface area contributed by atoms with Gasteiger partial charge in [0, 0.05) is 0 Å². The Hall–Kier alpha value is -0.500. The van der Waals surface area contributed by atoms with Crippen LogP contribution in [0.2, 0.25) is 0 Å². The fourth-order valence-electron chi connectivity index (χ4n) is 1.69.